The highest BCUT2D eigenvalue weighted by molar-refractivity contribution is 6.30. The van der Waals surface area contributed by atoms with Crippen molar-refractivity contribution in [1.29, 1.82) is 0 Å². The maximum absolute atomic E-state index is 13.1. The van der Waals surface area contributed by atoms with Gasteiger partial charge in [-0.15, -0.1) is 0 Å². The van der Waals surface area contributed by atoms with Crippen molar-refractivity contribution in [2.45, 2.75) is 13.0 Å². The first-order chi connectivity index (χ1) is 14.1. The van der Waals surface area contributed by atoms with Crippen LogP contribution >= 0.6 is 11.6 Å². The van der Waals surface area contributed by atoms with E-state index in [9.17, 15) is 4.79 Å². The summed E-state index contributed by atoms with van der Waals surface area (Å²) >= 11 is 6.05. The average molecular weight is 412 g/mol. The Labute approximate surface area is 174 Å². The number of amides is 1. The number of benzene rings is 2. The fourth-order valence-electron chi connectivity index (χ4n) is 3.73. The van der Waals surface area contributed by atoms with Crippen molar-refractivity contribution in [3.05, 3.63) is 70.4 Å². The summed E-state index contributed by atoms with van der Waals surface area (Å²) in [6.07, 6.45) is 0. The molecule has 7 heteroatoms. The molecule has 0 saturated carbocycles. The Bertz CT molecular complexity index is 1020. The van der Waals surface area contributed by atoms with Crippen LogP contribution in [-0.2, 0) is 4.74 Å². The highest BCUT2D eigenvalue weighted by Crippen LogP contribution is 2.43. The first-order valence-electron chi connectivity index (χ1n) is 9.51. The zero-order valence-electron chi connectivity index (χ0n) is 16.3. The van der Waals surface area contributed by atoms with Gasteiger partial charge in [0.2, 0.25) is 0 Å². The summed E-state index contributed by atoms with van der Waals surface area (Å²) in [4.78, 5) is 15.0. The molecule has 1 aromatic heterocycles. The summed E-state index contributed by atoms with van der Waals surface area (Å²) < 4.78 is 10.9. The second-order valence-electron chi connectivity index (χ2n) is 6.77. The van der Waals surface area contributed by atoms with Gasteiger partial charge in [-0.1, -0.05) is 35.9 Å². The van der Waals surface area contributed by atoms with Gasteiger partial charge in [0.1, 0.15) is 11.4 Å². The lowest BCUT2D eigenvalue weighted by Gasteiger charge is -2.26. The molecule has 0 saturated heterocycles. The number of nitrogens with zero attached hydrogens (tertiary/aromatic N) is 2. The van der Waals surface area contributed by atoms with Crippen LogP contribution in [0.5, 0.6) is 5.75 Å². The quantitative estimate of drug-likeness (QED) is 0.628. The zero-order valence-corrected chi connectivity index (χ0v) is 17.1. The van der Waals surface area contributed by atoms with E-state index in [4.69, 9.17) is 21.1 Å². The Morgan fingerprint density at radius 1 is 1.21 bits per heavy atom. The second-order valence-corrected chi connectivity index (χ2v) is 7.20. The number of rotatable bonds is 7. The highest BCUT2D eigenvalue weighted by atomic mass is 35.5. The molecule has 150 valence electrons. The normalized spacial score (nSPS) is 15.6. The molecular weight excluding hydrogens is 390 g/mol. The number of methoxy groups -OCH3 is 1. The standard InChI is InChI=1S/C22H22ClN3O3/c1-3-29-17-6-4-5-15(13-17)21-18-19(14-7-9-16(23)10-8-14)24-25-20(18)22(27)26(21)11-12-28-2/h4-10,13,21H,3,11-12H2,1-2H3,(H,24,25). The van der Waals surface area contributed by atoms with Gasteiger partial charge in [0.25, 0.3) is 5.91 Å². The van der Waals surface area contributed by atoms with Gasteiger partial charge in [-0.3, -0.25) is 9.89 Å². The van der Waals surface area contributed by atoms with E-state index >= 15 is 0 Å². The van der Waals surface area contributed by atoms with E-state index in [0.29, 0.717) is 30.5 Å². The first-order valence-corrected chi connectivity index (χ1v) is 9.88. The summed E-state index contributed by atoms with van der Waals surface area (Å²) in [5, 5.41) is 8.06. The SMILES string of the molecule is CCOc1cccc(C2c3c(-c4ccc(Cl)cc4)n[nH]c3C(=O)N2CCOC)c1. The van der Waals surface area contributed by atoms with Crippen LogP contribution in [0.15, 0.2) is 48.5 Å². The molecule has 0 bridgehead atoms. The fraction of sp³-hybridized carbons (Fsp3) is 0.273. The third-order valence-electron chi connectivity index (χ3n) is 5.00. The molecule has 0 radical (unpaired) electrons. The topological polar surface area (TPSA) is 67.5 Å². The molecule has 0 aliphatic carbocycles. The van der Waals surface area contributed by atoms with Crippen LogP contribution in [0, 0.1) is 0 Å². The number of hydrogen-bond acceptors (Lipinski definition) is 4. The second kappa shape index (κ2) is 8.27. The summed E-state index contributed by atoms with van der Waals surface area (Å²) in [6.45, 7) is 3.44. The lowest BCUT2D eigenvalue weighted by atomic mass is 9.96. The molecule has 6 nitrogen and oxygen atoms in total. The first kappa shape index (κ1) is 19.5. The van der Waals surface area contributed by atoms with Crippen LogP contribution in [0.2, 0.25) is 5.02 Å². The van der Waals surface area contributed by atoms with E-state index in [1.165, 1.54) is 0 Å². The van der Waals surface area contributed by atoms with Crippen molar-refractivity contribution in [2.75, 3.05) is 26.9 Å². The van der Waals surface area contributed by atoms with Crippen LogP contribution in [0.4, 0.5) is 0 Å². The van der Waals surface area contributed by atoms with Gasteiger partial charge >= 0.3 is 0 Å². The summed E-state index contributed by atoms with van der Waals surface area (Å²) in [6, 6.07) is 15.0. The van der Waals surface area contributed by atoms with Crippen molar-refractivity contribution in [3.8, 4) is 17.0 Å². The lowest BCUT2D eigenvalue weighted by Crippen LogP contribution is -2.32. The van der Waals surface area contributed by atoms with Gasteiger partial charge in [0.05, 0.1) is 24.9 Å². The number of aromatic nitrogens is 2. The van der Waals surface area contributed by atoms with Crippen LogP contribution in [0.3, 0.4) is 0 Å². The Hall–Kier alpha value is -2.83. The smallest absolute Gasteiger partial charge is 0.273 e. The van der Waals surface area contributed by atoms with Crippen molar-refractivity contribution in [2.24, 2.45) is 0 Å². The molecule has 1 N–H and O–H groups in total. The minimum absolute atomic E-state index is 0.0865. The maximum Gasteiger partial charge on any atom is 0.273 e. The monoisotopic (exact) mass is 411 g/mol. The Morgan fingerprint density at radius 3 is 2.72 bits per heavy atom. The number of nitrogens with one attached hydrogen (secondary N) is 1. The van der Waals surface area contributed by atoms with Gasteiger partial charge in [-0.05, 0) is 36.8 Å². The zero-order chi connectivity index (χ0) is 20.4. The summed E-state index contributed by atoms with van der Waals surface area (Å²) in [5.74, 6) is 0.686. The average Bonchev–Trinajstić information content (AvgIpc) is 3.27. The van der Waals surface area contributed by atoms with Crippen molar-refractivity contribution >= 4 is 17.5 Å². The molecule has 1 aliphatic rings. The largest absolute Gasteiger partial charge is 0.494 e. The van der Waals surface area contributed by atoms with Gasteiger partial charge in [0, 0.05) is 29.8 Å². The van der Waals surface area contributed by atoms with Crippen molar-refractivity contribution in [1.82, 2.24) is 15.1 Å². The number of aromatic amines is 1. The molecule has 2 aromatic carbocycles. The Morgan fingerprint density at radius 2 is 2.00 bits per heavy atom. The van der Waals surface area contributed by atoms with Gasteiger partial charge in [-0.25, -0.2) is 0 Å². The minimum atomic E-state index is -0.280. The number of halogens is 1. The van der Waals surface area contributed by atoms with Gasteiger partial charge < -0.3 is 14.4 Å². The van der Waals surface area contributed by atoms with Crippen molar-refractivity contribution in [3.63, 3.8) is 0 Å². The van der Waals surface area contributed by atoms with Gasteiger partial charge in [-0.2, -0.15) is 5.10 Å². The van der Waals surface area contributed by atoms with E-state index in [2.05, 4.69) is 10.2 Å². The third kappa shape index (κ3) is 3.61. The van der Waals surface area contributed by atoms with E-state index in [0.717, 1.165) is 28.1 Å². The lowest BCUT2D eigenvalue weighted by molar-refractivity contribution is 0.0677. The number of carbonyl (C=O) groups excluding carboxylic acids is 1. The third-order valence-corrected chi connectivity index (χ3v) is 5.25. The Kier molecular flexibility index (Phi) is 5.56. The van der Waals surface area contributed by atoms with Gasteiger partial charge in [0.15, 0.2) is 0 Å². The number of ether oxygens (including phenoxy) is 2. The predicted molar refractivity (Wildman–Crippen MR) is 111 cm³/mol. The number of carbonyl (C=O) groups is 1. The predicted octanol–water partition coefficient (Wildman–Crippen LogP) is 4.32. The Balaban J connectivity index is 1.83. The molecule has 4 rings (SSSR count). The number of hydrogen-bond donors (Lipinski definition) is 1. The maximum atomic E-state index is 13.1. The molecule has 29 heavy (non-hydrogen) atoms. The molecule has 1 aliphatic heterocycles. The van der Waals surface area contributed by atoms with E-state index in [-0.39, 0.29) is 11.9 Å². The fourth-order valence-corrected chi connectivity index (χ4v) is 3.86. The van der Waals surface area contributed by atoms with E-state index in [1.54, 1.807) is 7.11 Å². The van der Waals surface area contributed by atoms with E-state index < -0.39 is 0 Å². The molecule has 1 amide bonds. The molecule has 0 fully saturated rings. The van der Waals surface area contributed by atoms with E-state index in [1.807, 2.05) is 60.4 Å². The molecule has 1 unspecified atom stereocenters. The number of fused-ring (bicyclic) bond motifs is 1. The van der Waals surface area contributed by atoms with Crippen LogP contribution < -0.4 is 4.74 Å². The number of H-pyrrole nitrogens is 1. The summed E-state index contributed by atoms with van der Waals surface area (Å²) in [7, 11) is 1.63. The van der Waals surface area contributed by atoms with Crippen LogP contribution in [0.25, 0.3) is 11.3 Å². The summed E-state index contributed by atoms with van der Waals surface area (Å²) in [5.41, 5.74) is 3.99. The molecule has 1 atom stereocenters. The highest BCUT2D eigenvalue weighted by Gasteiger charge is 2.42. The van der Waals surface area contributed by atoms with Crippen LogP contribution in [0.1, 0.15) is 34.6 Å². The molecule has 3 aromatic rings. The minimum Gasteiger partial charge on any atom is -0.494 e. The van der Waals surface area contributed by atoms with Crippen molar-refractivity contribution < 1.29 is 14.3 Å². The molecule has 2 heterocycles. The molecule has 0 spiro atoms. The molecular formula is C22H22ClN3O3. The van der Waals surface area contributed by atoms with Crippen LogP contribution in [-0.4, -0.2) is 47.9 Å².